The smallest absolute Gasteiger partial charge is 0.260 e. The Morgan fingerprint density at radius 2 is 1.87 bits per heavy atom. The fraction of sp³-hybridized carbons (Fsp3) is 0.440. The van der Waals surface area contributed by atoms with Crippen LogP contribution in [0.25, 0.3) is 0 Å². The zero-order valence-electron chi connectivity index (χ0n) is 18.8. The highest BCUT2D eigenvalue weighted by atomic mass is 79.9. The minimum absolute atomic E-state index is 0.258. The first-order chi connectivity index (χ1) is 14.4. The van der Waals surface area contributed by atoms with E-state index in [4.69, 9.17) is 0 Å². The third-order valence-electron chi connectivity index (χ3n) is 5.23. The lowest BCUT2D eigenvalue weighted by molar-refractivity contribution is -0.134. The van der Waals surface area contributed by atoms with Crippen LogP contribution in [0.4, 0.5) is 0 Å². The summed E-state index contributed by atoms with van der Waals surface area (Å²) in [7, 11) is 0. The van der Waals surface area contributed by atoms with E-state index < -0.39 is 0 Å². The Hall–Kier alpha value is -1.98. The fourth-order valence-electron chi connectivity index (χ4n) is 3.22. The van der Waals surface area contributed by atoms with Gasteiger partial charge in [-0.15, -0.1) is 0 Å². The zero-order chi connectivity index (χ0) is 22.5. The predicted octanol–water partition coefficient (Wildman–Crippen LogP) is 5.71. The van der Waals surface area contributed by atoms with E-state index in [0.29, 0.717) is 12.0 Å². The lowest BCUT2D eigenvalue weighted by Gasteiger charge is -2.29. The van der Waals surface area contributed by atoms with Gasteiger partial charge in [0.05, 0.1) is 6.54 Å². The molecule has 0 unspecified atom stereocenters. The third-order valence-corrected chi connectivity index (χ3v) is 6.04. The molecule has 0 saturated carbocycles. The van der Waals surface area contributed by atoms with Crippen LogP contribution in [0.3, 0.4) is 0 Å². The Balaban J connectivity index is 2.74. The van der Waals surface area contributed by atoms with Gasteiger partial charge < -0.3 is 4.90 Å². The van der Waals surface area contributed by atoms with E-state index in [9.17, 15) is 9.59 Å². The van der Waals surface area contributed by atoms with Crippen LogP contribution in [0.5, 0.6) is 0 Å². The summed E-state index contributed by atoms with van der Waals surface area (Å²) in [5, 5.41) is 0. The lowest BCUT2D eigenvalue weighted by Crippen LogP contribution is -2.34. The lowest BCUT2D eigenvalue weighted by atomic mass is 10.0. The van der Waals surface area contributed by atoms with Gasteiger partial charge >= 0.3 is 0 Å². The minimum atomic E-state index is -0.307. The van der Waals surface area contributed by atoms with Crippen LogP contribution in [0, 0.1) is 0 Å². The van der Waals surface area contributed by atoms with Crippen LogP contribution >= 0.6 is 15.9 Å². The molecule has 0 aromatic rings. The first-order valence-corrected chi connectivity index (χ1v) is 11.3. The molecule has 1 heterocycles. The second-order valence-corrected chi connectivity index (χ2v) is 8.44. The van der Waals surface area contributed by atoms with Crippen LogP contribution in [0.2, 0.25) is 0 Å². The summed E-state index contributed by atoms with van der Waals surface area (Å²) in [6, 6.07) is 0. The van der Waals surface area contributed by atoms with E-state index in [1.54, 1.807) is 18.2 Å². The molecule has 0 bridgehead atoms. The van der Waals surface area contributed by atoms with Gasteiger partial charge in [0.2, 0.25) is 6.41 Å². The van der Waals surface area contributed by atoms with E-state index in [-0.39, 0.29) is 12.5 Å². The number of amides is 2. The number of nitrogens with zero attached hydrogens (tertiary/aromatic N) is 2. The van der Waals surface area contributed by atoms with Crippen molar-refractivity contribution in [2.45, 2.75) is 47.0 Å². The molecule has 1 aliphatic rings. The molecule has 0 aliphatic carbocycles. The Kier molecular flexibility index (Phi) is 12.2. The summed E-state index contributed by atoms with van der Waals surface area (Å²) in [6.45, 7) is 14.9. The van der Waals surface area contributed by atoms with Crippen LogP contribution in [0.15, 0.2) is 69.8 Å². The van der Waals surface area contributed by atoms with Crippen LogP contribution < -0.4 is 0 Å². The van der Waals surface area contributed by atoms with Crippen molar-refractivity contribution in [2.24, 2.45) is 0 Å². The maximum atomic E-state index is 12.8. The van der Waals surface area contributed by atoms with Gasteiger partial charge in [-0.05, 0) is 52.5 Å². The number of carbonyl (C=O) groups is 2. The Morgan fingerprint density at radius 1 is 1.20 bits per heavy atom. The summed E-state index contributed by atoms with van der Waals surface area (Å²) in [4.78, 5) is 28.2. The molecule has 1 rings (SSSR count). The summed E-state index contributed by atoms with van der Waals surface area (Å²) in [5.74, 6) is -0.307. The van der Waals surface area contributed by atoms with E-state index in [1.165, 1.54) is 16.0 Å². The van der Waals surface area contributed by atoms with Crippen molar-refractivity contribution in [1.82, 2.24) is 9.80 Å². The average molecular weight is 475 g/mol. The molecular formula is C25H35BrN2O2. The van der Waals surface area contributed by atoms with Crippen molar-refractivity contribution >= 4 is 28.2 Å². The number of hydrogen-bond acceptors (Lipinski definition) is 3. The molecule has 30 heavy (non-hydrogen) atoms. The molecule has 1 saturated heterocycles. The fourth-order valence-corrected chi connectivity index (χ4v) is 3.88. The minimum Gasteiger partial charge on any atom is -0.302 e. The third kappa shape index (κ3) is 8.41. The highest BCUT2D eigenvalue weighted by Crippen LogP contribution is 2.25. The quantitative estimate of drug-likeness (QED) is 0.231. The van der Waals surface area contributed by atoms with Gasteiger partial charge in [-0.1, -0.05) is 70.1 Å². The first kappa shape index (κ1) is 26.1. The molecule has 0 spiro atoms. The van der Waals surface area contributed by atoms with Crippen LogP contribution in [0.1, 0.15) is 47.0 Å². The highest BCUT2D eigenvalue weighted by molar-refractivity contribution is 9.11. The second kappa shape index (κ2) is 14.1. The second-order valence-electron chi connectivity index (χ2n) is 7.48. The number of halogens is 1. The van der Waals surface area contributed by atoms with E-state index >= 15 is 0 Å². The van der Waals surface area contributed by atoms with E-state index in [0.717, 1.165) is 49.0 Å². The number of rotatable bonds is 10. The number of carbonyl (C=O) groups excluding carboxylic acids is 2. The predicted molar refractivity (Wildman–Crippen MR) is 130 cm³/mol. The molecule has 1 fully saturated rings. The molecule has 0 N–H and O–H groups in total. The number of hydrogen-bond donors (Lipinski definition) is 0. The standard InChI is InChI=1S/C25H35BrN2O2/c1-6-9-11-20(4)12-15-27-16-13-22(14-17-27)24(26)18-28(19-29)25(30)23(10-7-2)21(5)8-3/h6-11,19H,3,12-18H2,1-2,4-5H3/b9-6-,10-7-,20-11+,23-21+. The average Bonchev–Trinajstić information content (AvgIpc) is 2.77. The largest absolute Gasteiger partial charge is 0.302 e. The van der Waals surface area contributed by atoms with Crippen LogP contribution in [-0.2, 0) is 9.59 Å². The monoisotopic (exact) mass is 474 g/mol. The maximum Gasteiger partial charge on any atom is 0.260 e. The number of allylic oxidation sites excluding steroid dienone is 6. The molecule has 164 valence electrons. The van der Waals surface area contributed by atoms with Gasteiger partial charge in [0.15, 0.2) is 0 Å². The first-order valence-electron chi connectivity index (χ1n) is 10.5. The summed E-state index contributed by atoms with van der Waals surface area (Å²) in [6.07, 6.45) is 15.0. The number of imide groups is 1. The van der Waals surface area contributed by atoms with Gasteiger partial charge in [-0.2, -0.15) is 0 Å². The molecule has 0 atom stereocenters. The molecule has 0 aromatic heterocycles. The molecular weight excluding hydrogens is 440 g/mol. The van der Waals surface area contributed by atoms with Crippen molar-refractivity contribution in [3.63, 3.8) is 0 Å². The molecule has 0 aromatic carbocycles. The molecule has 1 aliphatic heterocycles. The number of piperidine rings is 1. The zero-order valence-corrected chi connectivity index (χ0v) is 20.4. The molecule has 4 nitrogen and oxygen atoms in total. The maximum absolute atomic E-state index is 12.8. The Bertz CT molecular complexity index is 762. The summed E-state index contributed by atoms with van der Waals surface area (Å²) < 4.78 is 0.933. The van der Waals surface area contributed by atoms with Gasteiger partial charge in [0.25, 0.3) is 5.91 Å². The van der Waals surface area contributed by atoms with E-state index in [2.05, 4.69) is 46.5 Å². The Labute approximate surface area is 190 Å². The van der Waals surface area contributed by atoms with Crippen molar-refractivity contribution in [3.05, 3.63) is 69.8 Å². The topological polar surface area (TPSA) is 40.6 Å². The van der Waals surface area contributed by atoms with E-state index in [1.807, 2.05) is 26.8 Å². The molecule has 2 amide bonds. The SMILES string of the molecule is C=C/C(C)=C(\C=C/C)C(=O)N(C=O)CC(Br)=C1CCN(CC/C(C)=C/C=C\C)CC1. The van der Waals surface area contributed by atoms with Crippen molar-refractivity contribution in [1.29, 1.82) is 0 Å². The van der Waals surface area contributed by atoms with Gasteiger partial charge in [-0.25, -0.2) is 0 Å². The van der Waals surface area contributed by atoms with Gasteiger partial charge in [-0.3, -0.25) is 14.5 Å². The summed E-state index contributed by atoms with van der Waals surface area (Å²) in [5.41, 5.74) is 3.90. The van der Waals surface area contributed by atoms with Crippen molar-refractivity contribution in [2.75, 3.05) is 26.2 Å². The molecule has 0 radical (unpaired) electrons. The van der Waals surface area contributed by atoms with Crippen LogP contribution in [-0.4, -0.2) is 48.3 Å². The van der Waals surface area contributed by atoms with Crippen molar-refractivity contribution < 1.29 is 9.59 Å². The Morgan fingerprint density at radius 3 is 2.40 bits per heavy atom. The highest BCUT2D eigenvalue weighted by Gasteiger charge is 2.21. The normalized spacial score (nSPS) is 16.7. The number of likely N-dealkylation sites (tertiary alicyclic amines) is 1. The van der Waals surface area contributed by atoms with Gasteiger partial charge in [0.1, 0.15) is 0 Å². The molecule has 5 heteroatoms. The van der Waals surface area contributed by atoms with Crippen molar-refractivity contribution in [3.8, 4) is 0 Å². The summed E-state index contributed by atoms with van der Waals surface area (Å²) >= 11 is 3.64. The van der Waals surface area contributed by atoms with Gasteiger partial charge in [0, 0.05) is 29.7 Å².